The summed E-state index contributed by atoms with van der Waals surface area (Å²) in [4.78, 5) is 25.1. The first-order valence-electron chi connectivity index (χ1n) is 15.2. The average molecular weight is 687 g/mol. The molecule has 0 saturated carbocycles. The van der Waals surface area contributed by atoms with Gasteiger partial charge in [0.2, 0.25) is 11.6 Å². The van der Waals surface area contributed by atoms with Crippen LogP contribution in [0.3, 0.4) is 0 Å². The molecule has 0 aromatic rings. The van der Waals surface area contributed by atoms with Crippen molar-refractivity contribution >= 4 is 11.6 Å². The summed E-state index contributed by atoms with van der Waals surface area (Å²) in [7, 11) is 4.43. The van der Waals surface area contributed by atoms with Crippen LogP contribution in [-0.2, 0) is 28.5 Å². The second-order valence-corrected chi connectivity index (χ2v) is 9.18. The van der Waals surface area contributed by atoms with Crippen LogP contribution >= 0.6 is 0 Å². The van der Waals surface area contributed by atoms with E-state index in [1.807, 2.05) is 0 Å². The van der Waals surface area contributed by atoms with Gasteiger partial charge in [0.1, 0.15) is 6.10 Å². The van der Waals surface area contributed by atoms with Crippen molar-refractivity contribution in [2.75, 3.05) is 21.3 Å². The van der Waals surface area contributed by atoms with E-state index in [-0.39, 0.29) is 25.0 Å². The van der Waals surface area contributed by atoms with Gasteiger partial charge in [-0.05, 0) is 198 Å². The van der Waals surface area contributed by atoms with Crippen molar-refractivity contribution in [1.82, 2.24) is 0 Å². The van der Waals surface area contributed by atoms with Crippen molar-refractivity contribution < 1.29 is 28.5 Å². The largest absolute Gasteiger partial charge is 0.378 e. The Bertz CT molecular complexity index is 2450. The quantitative estimate of drug-likeness (QED) is 0.285. The van der Waals surface area contributed by atoms with Crippen LogP contribution in [0, 0.1) is 195 Å². The number of hydrogen-bond donors (Lipinski definition) is 0. The van der Waals surface area contributed by atoms with Gasteiger partial charge >= 0.3 is 0 Å². The van der Waals surface area contributed by atoms with E-state index in [0.29, 0.717) is 0 Å². The molecule has 53 heavy (non-hydrogen) atoms. The highest BCUT2D eigenvalue weighted by Crippen LogP contribution is 2.34. The zero-order valence-electron chi connectivity index (χ0n) is 29.5. The summed E-state index contributed by atoms with van der Waals surface area (Å²) in [5.74, 6) is 79.0. The molecular weight excluding hydrogens is 661 g/mol. The van der Waals surface area contributed by atoms with Gasteiger partial charge in [0.25, 0.3) is 0 Å². The lowest BCUT2D eigenvalue weighted by molar-refractivity contribution is -0.282. The smallest absolute Gasteiger partial charge is 0.207 e. The summed E-state index contributed by atoms with van der Waals surface area (Å²) in [5.41, 5.74) is 0. The van der Waals surface area contributed by atoms with Gasteiger partial charge in [0, 0.05) is 40.1 Å². The molecule has 1 aliphatic rings. The molecule has 6 nitrogen and oxygen atoms in total. The Balaban J connectivity index is 2.75. The molecular formula is C47H26O6. The van der Waals surface area contributed by atoms with E-state index in [1.165, 1.54) is 21.3 Å². The van der Waals surface area contributed by atoms with Crippen LogP contribution in [0.5, 0.6) is 0 Å². The number of rotatable bonds is 8. The van der Waals surface area contributed by atoms with Crippen molar-refractivity contribution in [3.05, 3.63) is 0 Å². The predicted octanol–water partition coefficient (Wildman–Crippen LogP) is 1.41. The van der Waals surface area contributed by atoms with Gasteiger partial charge in [-0.3, -0.25) is 9.59 Å². The molecule has 1 saturated heterocycles. The molecule has 0 radical (unpaired) electrons. The Kier molecular flexibility index (Phi) is 24.6. The number of methoxy groups -OCH3 is 3. The van der Waals surface area contributed by atoms with Crippen molar-refractivity contribution in [1.29, 1.82) is 0 Å². The van der Waals surface area contributed by atoms with Crippen LogP contribution in [0.1, 0.15) is 33.1 Å². The molecule has 250 valence electrons. The van der Waals surface area contributed by atoms with Gasteiger partial charge in [0.05, 0.1) is 12.2 Å². The molecule has 0 spiro atoms. The van der Waals surface area contributed by atoms with Gasteiger partial charge in [-0.25, -0.2) is 0 Å². The fourth-order valence-electron chi connectivity index (χ4n) is 3.91. The maximum atomic E-state index is 12.7. The predicted molar refractivity (Wildman–Crippen MR) is 200 cm³/mol. The first kappa shape index (κ1) is 43.2. The molecule has 0 aromatic heterocycles. The molecule has 0 aromatic carbocycles. The van der Waals surface area contributed by atoms with E-state index in [9.17, 15) is 9.59 Å². The number of carbonyl (C=O) groups excluding carboxylic acids is 2. The summed E-state index contributed by atoms with van der Waals surface area (Å²) in [5, 5.41) is 0. The molecule has 3 unspecified atom stereocenters. The molecule has 0 bridgehead atoms. The van der Waals surface area contributed by atoms with Crippen LogP contribution in [0.25, 0.3) is 0 Å². The molecule has 1 aliphatic heterocycles. The lowest BCUT2D eigenvalue weighted by Crippen LogP contribution is -2.56. The van der Waals surface area contributed by atoms with E-state index in [0.717, 1.165) is 0 Å². The monoisotopic (exact) mass is 686 g/mol. The van der Waals surface area contributed by atoms with Gasteiger partial charge in [-0.15, -0.1) is 0 Å². The summed E-state index contributed by atoms with van der Waals surface area (Å²) in [6, 6.07) is 0. The minimum absolute atomic E-state index is 0.0534. The third-order valence-corrected chi connectivity index (χ3v) is 5.90. The third-order valence-electron chi connectivity index (χ3n) is 5.90. The zero-order chi connectivity index (χ0) is 38.6. The molecule has 6 heteroatoms. The first-order valence-corrected chi connectivity index (χ1v) is 15.2. The van der Waals surface area contributed by atoms with Gasteiger partial charge in [0.15, 0.2) is 6.29 Å². The Labute approximate surface area is 313 Å². The molecule has 0 amide bonds. The van der Waals surface area contributed by atoms with E-state index in [4.69, 9.17) is 18.9 Å². The van der Waals surface area contributed by atoms with Crippen LogP contribution in [0.4, 0.5) is 0 Å². The lowest BCUT2D eigenvalue weighted by atomic mass is 9.85. The Hall–Kier alpha value is -7.86. The highest BCUT2D eigenvalue weighted by molar-refractivity contribution is 5.96. The third kappa shape index (κ3) is 21.0. The number of hydrogen-bond acceptors (Lipinski definition) is 6. The van der Waals surface area contributed by atoms with Gasteiger partial charge in [-0.1, -0.05) is 11.8 Å². The standard InChI is InChI=1S/C47H26O6/c1-6-8-10-12-14-16-18-20-22-24-26-28-30-32-34-36-41(48)38-39-44-46(51-4)45(50-3)43(47(52-5)53-44)40-42(49)37-35-33-31-29-27-25-23-21-19-17-15-13-11-9-7-2/h43-47H,38-40H2,1-5H3/t43?,44?,45-,46-,47?/m1/s1. The average Bonchev–Trinajstić information content (AvgIpc) is 3.16. The molecule has 1 heterocycles. The fraction of sp³-hybridized carbons (Fsp3) is 0.277. The van der Waals surface area contributed by atoms with Crippen LogP contribution in [-0.4, -0.2) is 57.5 Å². The van der Waals surface area contributed by atoms with Crippen molar-refractivity contribution in [3.8, 4) is 189 Å². The van der Waals surface area contributed by atoms with Crippen molar-refractivity contribution in [2.24, 2.45) is 5.92 Å². The summed E-state index contributed by atoms with van der Waals surface area (Å²) >= 11 is 0. The molecule has 5 atom stereocenters. The number of ketones is 2. The molecule has 1 rings (SSSR count). The normalized spacial score (nSPS) is 15.5. The second-order valence-electron chi connectivity index (χ2n) is 9.18. The van der Waals surface area contributed by atoms with E-state index in [2.05, 4.69) is 189 Å². The highest BCUT2D eigenvalue weighted by Gasteiger charge is 2.47. The molecule has 1 fully saturated rings. The van der Waals surface area contributed by atoms with E-state index in [1.54, 1.807) is 13.8 Å². The number of Topliss-reactive ketones (excluding diaryl/α,β-unsaturated/α-hetero) is 2. The first-order chi connectivity index (χ1) is 26.0. The fourth-order valence-corrected chi connectivity index (χ4v) is 3.91. The minimum Gasteiger partial charge on any atom is -0.378 e. The van der Waals surface area contributed by atoms with Crippen molar-refractivity contribution in [2.45, 2.75) is 57.7 Å². The highest BCUT2D eigenvalue weighted by atomic mass is 16.7. The molecule has 0 aliphatic carbocycles. The van der Waals surface area contributed by atoms with Crippen LogP contribution < -0.4 is 0 Å². The number of carbonyl (C=O) groups is 2. The van der Waals surface area contributed by atoms with Gasteiger partial charge in [-0.2, -0.15) is 0 Å². The van der Waals surface area contributed by atoms with Crippen molar-refractivity contribution in [3.63, 3.8) is 0 Å². The maximum Gasteiger partial charge on any atom is 0.207 e. The van der Waals surface area contributed by atoms with Crippen LogP contribution in [0.15, 0.2) is 0 Å². The summed E-state index contributed by atoms with van der Waals surface area (Å²) < 4.78 is 23.0. The molecule has 0 N–H and O–H groups in total. The summed E-state index contributed by atoms with van der Waals surface area (Å²) in [6.45, 7) is 3.36. The topological polar surface area (TPSA) is 71.1 Å². The van der Waals surface area contributed by atoms with Crippen LogP contribution in [0.2, 0.25) is 0 Å². The summed E-state index contributed by atoms with van der Waals surface area (Å²) in [6.07, 6.45) is -2.37. The number of ether oxygens (including phenoxy) is 4. The lowest BCUT2D eigenvalue weighted by Gasteiger charge is -2.44. The minimum atomic E-state index is -0.831. The Morgan fingerprint density at radius 1 is 0.453 bits per heavy atom. The Morgan fingerprint density at radius 3 is 1.13 bits per heavy atom. The Morgan fingerprint density at radius 2 is 0.792 bits per heavy atom. The van der Waals surface area contributed by atoms with Gasteiger partial charge < -0.3 is 18.9 Å². The zero-order valence-corrected chi connectivity index (χ0v) is 29.5. The SMILES string of the molecule is CC#CC#CC#CC#CC#CC#CC#CC#CC(=O)CCC1OC(OC)C(CC(=O)C#CC#CC#CC#CC#CC#CC#CC#CC)[C@@H](OC)[C@@H]1OC. The van der Waals surface area contributed by atoms with E-state index >= 15 is 0 Å². The van der Waals surface area contributed by atoms with E-state index < -0.39 is 36.3 Å². The second kappa shape index (κ2) is 30.2. The maximum absolute atomic E-state index is 12.7.